The van der Waals surface area contributed by atoms with Crippen molar-refractivity contribution in [3.8, 4) is 0 Å². The number of likely N-dealkylation sites (N-methyl/N-ethyl adjacent to an activating group) is 1. The van der Waals surface area contributed by atoms with Gasteiger partial charge < -0.3 is 15.3 Å². The number of carbonyl (C=O) groups is 2. The summed E-state index contributed by atoms with van der Waals surface area (Å²) in [6.07, 6.45) is 0. The van der Waals surface area contributed by atoms with E-state index in [0.717, 1.165) is 23.0 Å². The molecule has 5 nitrogen and oxygen atoms in total. The zero-order valence-corrected chi connectivity index (χ0v) is 13.6. The van der Waals surface area contributed by atoms with Gasteiger partial charge in [0.1, 0.15) is 5.82 Å². The van der Waals surface area contributed by atoms with E-state index in [9.17, 15) is 14.0 Å². The van der Waals surface area contributed by atoms with Gasteiger partial charge in [-0.3, -0.25) is 9.59 Å². The molecule has 0 fully saturated rings. The lowest BCUT2D eigenvalue weighted by Crippen LogP contribution is -2.29. The molecule has 122 valence electrons. The van der Waals surface area contributed by atoms with Crippen molar-refractivity contribution in [2.75, 3.05) is 25.5 Å². The van der Waals surface area contributed by atoms with E-state index in [1.54, 1.807) is 20.0 Å². The van der Waals surface area contributed by atoms with E-state index in [4.69, 9.17) is 5.11 Å². The van der Waals surface area contributed by atoms with E-state index in [0.29, 0.717) is 9.88 Å². The van der Waals surface area contributed by atoms with Gasteiger partial charge in [0.2, 0.25) is 0 Å². The van der Waals surface area contributed by atoms with Crippen molar-refractivity contribution < 1.29 is 19.1 Å². The Labute approximate surface area is 137 Å². The monoisotopic (exact) mass is 336 g/mol. The fourth-order valence-corrected chi connectivity index (χ4v) is 3.06. The molecular weight excluding hydrogens is 319 g/mol. The van der Waals surface area contributed by atoms with E-state index in [1.165, 1.54) is 23.1 Å². The fourth-order valence-electron chi connectivity index (χ4n) is 1.99. The third kappa shape index (κ3) is 4.14. The van der Waals surface area contributed by atoms with Crippen LogP contribution in [-0.4, -0.2) is 42.0 Å². The Morgan fingerprint density at radius 1 is 1.35 bits per heavy atom. The highest BCUT2D eigenvalue weighted by molar-refractivity contribution is 7.18. The van der Waals surface area contributed by atoms with Gasteiger partial charge >= 0.3 is 0 Å². The minimum atomic E-state index is -0.485. The number of hydrogen-bond donors (Lipinski definition) is 2. The number of halogens is 1. The Kier molecular flexibility index (Phi) is 5.46. The molecule has 23 heavy (non-hydrogen) atoms. The maximum Gasteiger partial charge on any atom is 0.264 e. The number of anilines is 1. The number of amides is 2. The molecule has 0 spiro atoms. The van der Waals surface area contributed by atoms with Crippen LogP contribution >= 0.6 is 11.3 Å². The summed E-state index contributed by atoms with van der Waals surface area (Å²) in [5, 5.41) is 12.1. The predicted octanol–water partition coefficient (Wildman–Crippen LogP) is 2.51. The van der Waals surface area contributed by atoms with Gasteiger partial charge in [-0.05, 0) is 36.8 Å². The predicted molar refractivity (Wildman–Crippen MR) is 87.5 cm³/mol. The molecule has 0 saturated carbocycles. The fraction of sp³-hybridized carbons (Fsp3) is 0.250. The second-order valence-corrected chi connectivity index (χ2v) is 6.09. The number of benzene rings is 1. The quantitative estimate of drug-likeness (QED) is 0.881. The second-order valence-electron chi connectivity index (χ2n) is 5.04. The molecule has 2 amide bonds. The molecule has 0 saturated heterocycles. The molecular formula is C16H17FN2O3S. The lowest BCUT2D eigenvalue weighted by atomic mass is 10.2. The molecule has 2 N–H and O–H groups in total. The third-order valence-electron chi connectivity index (χ3n) is 3.22. The molecule has 0 bridgehead atoms. The summed E-state index contributed by atoms with van der Waals surface area (Å²) >= 11 is 1.15. The van der Waals surface area contributed by atoms with Gasteiger partial charge in [0.05, 0.1) is 16.5 Å². The number of aliphatic hydroxyl groups is 1. The first-order valence-electron chi connectivity index (χ1n) is 6.96. The molecule has 0 radical (unpaired) electrons. The van der Waals surface area contributed by atoms with Crippen molar-refractivity contribution in [2.24, 2.45) is 0 Å². The molecule has 7 heteroatoms. The third-order valence-corrected chi connectivity index (χ3v) is 4.36. The summed E-state index contributed by atoms with van der Waals surface area (Å²) in [7, 11) is 1.60. The summed E-state index contributed by atoms with van der Waals surface area (Å²) < 4.78 is 13.2. The van der Waals surface area contributed by atoms with Gasteiger partial charge in [0, 0.05) is 19.2 Å². The molecule has 0 aliphatic rings. The van der Waals surface area contributed by atoms with Crippen molar-refractivity contribution in [3.63, 3.8) is 0 Å². The van der Waals surface area contributed by atoms with Crippen LogP contribution in [0.3, 0.4) is 0 Å². The van der Waals surface area contributed by atoms with Crippen LogP contribution in [0.1, 0.15) is 25.6 Å². The van der Waals surface area contributed by atoms with Crippen molar-refractivity contribution in [3.05, 3.63) is 52.2 Å². The first-order valence-corrected chi connectivity index (χ1v) is 7.77. The second kappa shape index (κ2) is 7.34. The van der Waals surface area contributed by atoms with Gasteiger partial charge in [0.25, 0.3) is 11.8 Å². The summed E-state index contributed by atoms with van der Waals surface area (Å²) in [6.45, 7) is 1.89. The van der Waals surface area contributed by atoms with Gasteiger partial charge in [-0.15, -0.1) is 11.3 Å². The van der Waals surface area contributed by atoms with E-state index in [2.05, 4.69) is 5.32 Å². The number of thiophene rings is 1. The molecule has 2 rings (SSSR count). The highest BCUT2D eigenvalue weighted by Gasteiger charge is 2.18. The zero-order valence-electron chi connectivity index (χ0n) is 12.8. The first-order chi connectivity index (χ1) is 10.9. The number of aliphatic hydroxyl groups excluding tert-OH is 1. The number of rotatable bonds is 5. The smallest absolute Gasteiger partial charge is 0.264 e. The number of nitrogens with one attached hydrogen (secondary N) is 1. The van der Waals surface area contributed by atoms with Crippen LogP contribution in [0.25, 0.3) is 0 Å². The molecule has 1 aromatic carbocycles. The maximum atomic E-state index is 13.2. The summed E-state index contributed by atoms with van der Waals surface area (Å²) in [4.78, 5) is 26.2. The van der Waals surface area contributed by atoms with Crippen molar-refractivity contribution >= 4 is 28.2 Å². The van der Waals surface area contributed by atoms with E-state index < -0.39 is 11.7 Å². The van der Waals surface area contributed by atoms with Crippen molar-refractivity contribution in [1.29, 1.82) is 0 Å². The summed E-state index contributed by atoms with van der Waals surface area (Å²) in [6, 6.07) is 7.08. The number of hydrogen-bond acceptors (Lipinski definition) is 4. The zero-order chi connectivity index (χ0) is 17.0. The Balaban J connectivity index is 2.15. The van der Waals surface area contributed by atoms with Gasteiger partial charge in [-0.25, -0.2) is 4.39 Å². The molecule has 1 heterocycles. The van der Waals surface area contributed by atoms with Crippen LogP contribution in [0, 0.1) is 12.7 Å². The van der Waals surface area contributed by atoms with Crippen LogP contribution in [0.15, 0.2) is 30.3 Å². The number of carbonyl (C=O) groups excluding carboxylic acids is 2. The minimum absolute atomic E-state index is 0.115. The Hall–Kier alpha value is -2.25. The van der Waals surface area contributed by atoms with Crippen LogP contribution in [-0.2, 0) is 0 Å². The van der Waals surface area contributed by atoms with Crippen LogP contribution in [0.5, 0.6) is 0 Å². The van der Waals surface area contributed by atoms with Crippen LogP contribution < -0.4 is 5.32 Å². The lowest BCUT2D eigenvalue weighted by molar-refractivity contribution is 0.0771. The molecule has 0 aliphatic carbocycles. The Morgan fingerprint density at radius 2 is 2.09 bits per heavy atom. The van der Waals surface area contributed by atoms with Crippen LogP contribution in [0.2, 0.25) is 0 Å². The van der Waals surface area contributed by atoms with Crippen LogP contribution in [0.4, 0.5) is 9.39 Å². The summed E-state index contributed by atoms with van der Waals surface area (Å²) in [5.74, 6) is -1.14. The Bertz CT molecular complexity index is 730. The van der Waals surface area contributed by atoms with Gasteiger partial charge in [-0.2, -0.15) is 0 Å². The molecule has 0 aliphatic heterocycles. The maximum absolute atomic E-state index is 13.2. The van der Waals surface area contributed by atoms with E-state index in [1.807, 2.05) is 0 Å². The first kappa shape index (κ1) is 17.1. The largest absolute Gasteiger partial charge is 0.395 e. The normalized spacial score (nSPS) is 10.4. The highest BCUT2D eigenvalue weighted by atomic mass is 32.1. The van der Waals surface area contributed by atoms with E-state index >= 15 is 0 Å². The number of aryl methyl sites for hydroxylation is 1. The molecule has 2 aromatic rings. The van der Waals surface area contributed by atoms with Gasteiger partial charge in [0.15, 0.2) is 0 Å². The number of nitrogens with zero attached hydrogens (tertiary/aromatic N) is 1. The Morgan fingerprint density at radius 3 is 2.74 bits per heavy atom. The van der Waals surface area contributed by atoms with Gasteiger partial charge in [-0.1, -0.05) is 6.07 Å². The van der Waals surface area contributed by atoms with Crippen molar-refractivity contribution in [1.82, 2.24) is 4.90 Å². The standard InChI is InChI=1S/C16H17FN2O3S/c1-10-8-13(23-14(10)16(22)19(2)6-7-20)18-15(21)11-4-3-5-12(17)9-11/h3-5,8-9,20H,6-7H2,1-2H3,(H,18,21). The average molecular weight is 336 g/mol. The molecule has 0 atom stereocenters. The van der Waals surface area contributed by atoms with E-state index in [-0.39, 0.29) is 24.6 Å². The lowest BCUT2D eigenvalue weighted by Gasteiger charge is -2.14. The minimum Gasteiger partial charge on any atom is -0.395 e. The summed E-state index contributed by atoms with van der Waals surface area (Å²) in [5.41, 5.74) is 0.945. The SMILES string of the molecule is Cc1cc(NC(=O)c2cccc(F)c2)sc1C(=O)N(C)CCO. The highest BCUT2D eigenvalue weighted by Crippen LogP contribution is 2.28. The van der Waals surface area contributed by atoms with Crippen molar-refractivity contribution in [2.45, 2.75) is 6.92 Å². The topological polar surface area (TPSA) is 69.6 Å². The molecule has 1 aromatic heterocycles. The average Bonchev–Trinajstić information content (AvgIpc) is 2.87. The molecule has 0 unspecified atom stereocenters.